The third kappa shape index (κ3) is 6.88. The normalized spacial score (nSPS) is 15.3. The molecule has 0 aliphatic rings. The highest BCUT2D eigenvalue weighted by Crippen LogP contribution is 2.66. The van der Waals surface area contributed by atoms with E-state index in [-0.39, 0.29) is 12.4 Å². The highest BCUT2D eigenvalue weighted by molar-refractivity contribution is 7.99. The fourth-order valence-electron chi connectivity index (χ4n) is 3.07. The highest BCUT2D eigenvalue weighted by Gasteiger charge is 2.97. The molecule has 1 rings (SSSR count). The average molecular weight is 760 g/mol. The van der Waals surface area contributed by atoms with Gasteiger partial charge in [-0.15, -0.1) is 11.8 Å². The quantitative estimate of drug-likeness (QED) is 0.0733. The van der Waals surface area contributed by atoms with E-state index in [0.717, 1.165) is 30.7 Å². The Bertz CT molecular complexity index is 1150. The van der Waals surface area contributed by atoms with Gasteiger partial charge in [-0.3, -0.25) is 0 Å². The van der Waals surface area contributed by atoms with Crippen LogP contribution in [0, 0.1) is 0 Å². The first-order valence-corrected chi connectivity index (χ1v) is 13.3. The van der Waals surface area contributed by atoms with Crippen molar-refractivity contribution < 1.29 is 96.9 Å². The number of thioether (sulfide) groups is 1. The Morgan fingerprint density at radius 2 is 0.848 bits per heavy atom. The van der Waals surface area contributed by atoms with Gasteiger partial charge >= 0.3 is 59.5 Å². The van der Waals surface area contributed by atoms with Crippen LogP contribution >= 0.6 is 24.4 Å². The maximum absolute atomic E-state index is 14.1. The molecule has 24 heteroatoms. The van der Waals surface area contributed by atoms with E-state index < -0.39 is 81.9 Å². The Kier molecular flexibility index (Phi) is 12.2. The second kappa shape index (κ2) is 13.3. The molecule has 0 N–H and O–H groups in total. The minimum absolute atomic E-state index is 0.0389. The molecule has 1 aromatic rings. The highest BCUT2D eigenvalue weighted by atomic mass is 32.2. The molecule has 1 nitrogen and oxygen atoms in total. The van der Waals surface area contributed by atoms with E-state index in [4.69, 9.17) is 4.74 Å². The molecule has 270 valence electrons. The second-order valence-corrected chi connectivity index (χ2v) is 10.7. The lowest BCUT2D eigenvalue weighted by Gasteiger charge is -2.44. The van der Waals surface area contributed by atoms with E-state index >= 15 is 0 Å². The summed E-state index contributed by atoms with van der Waals surface area (Å²) in [4.78, 5) is -0.544. The van der Waals surface area contributed by atoms with Crippen molar-refractivity contribution >= 4 is 24.4 Å². The number of halogens is 21. The van der Waals surface area contributed by atoms with Crippen molar-refractivity contribution in [2.45, 2.75) is 83.6 Å². The average Bonchev–Trinajstić information content (AvgIpc) is 2.90. The first kappa shape index (κ1) is 42.3. The lowest BCUT2D eigenvalue weighted by Crippen LogP contribution is -2.77. The third-order valence-corrected chi connectivity index (χ3v) is 7.32. The van der Waals surface area contributed by atoms with E-state index in [0.29, 0.717) is 18.6 Å². The molecule has 0 amide bonds. The van der Waals surface area contributed by atoms with E-state index in [9.17, 15) is 92.2 Å². The Labute approximate surface area is 253 Å². The summed E-state index contributed by atoms with van der Waals surface area (Å²) >= 11 is 3.39. The largest absolute Gasteiger partial charge is 0.494 e. The zero-order valence-corrected chi connectivity index (χ0v) is 23.5. The van der Waals surface area contributed by atoms with Gasteiger partial charge in [-0.05, 0) is 49.3 Å². The van der Waals surface area contributed by atoms with Crippen LogP contribution in [-0.4, -0.2) is 77.6 Å². The van der Waals surface area contributed by atoms with Crippen LogP contribution in [0.4, 0.5) is 92.2 Å². The van der Waals surface area contributed by atoms with Crippen LogP contribution in [0.15, 0.2) is 29.2 Å². The summed E-state index contributed by atoms with van der Waals surface area (Å²) in [5, 5.41) is 0. The van der Waals surface area contributed by atoms with Gasteiger partial charge in [-0.2, -0.15) is 105 Å². The van der Waals surface area contributed by atoms with Crippen molar-refractivity contribution in [3.63, 3.8) is 0 Å². The molecule has 0 fully saturated rings. The molecule has 0 aliphatic heterocycles. The summed E-state index contributed by atoms with van der Waals surface area (Å²) in [5.74, 6) is -79.1. The molecule has 0 saturated carbocycles. The van der Waals surface area contributed by atoms with E-state index in [1.165, 1.54) is 0 Å². The van der Waals surface area contributed by atoms with Gasteiger partial charge in [-0.1, -0.05) is 0 Å². The lowest BCUT2D eigenvalue weighted by molar-refractivity contribution is -0.473. The van der Waals surface area contributed by atoms with Crippen LogP contribution in [0.2, 0.25) is 0 Å². The number of benzene rings is 1. The van der Waals surface area contributed by atoms with Crippen molar-refractivity contribution in [3.8, 4) is 5.75 Å². The Hall–Kier alpha value is -1.75. The first-order chi connectivity index (χ1) is 20.3. The molecule has 1 aromatic carbocycles. The minimum Gasteiger partial charge on any atom is -0.494 e. The van der Waals surface area contributed by atoms with Crippen LogP contribution in [-0.2, 0) is 0 Å². The number of hydrogen-bond donors (Lipinski definition) is 1. The molecule has 0 radical (unpaired) electrons. The van der Waals surface area contributed by atoms with Crippen LogP contribution < -0.4 is 4.74 Å². The van der Waals surface area contributed by atoms with Gasteiger partial charge < -0.3 is 4.74 Å². The number of thiol groups is 1. The van der Waals surface area contributed by atoms with Crippen molar-refractivity contribution in [3.05, 3.63) is 24.3 Å². The van der Waals surface area contributed by atoms with Gasteiger partial charge in [0.05, 0.1) is 12.4 Å². The van der Waals surface area contributed by atoms with Gasteiger partial charge in [0.25, 0.3) is 0 Å². The van der Waals surface area contributed by atoms with E-state index in [2.05, 4.69) is 12.6 Å². The van der Waals surface area contributed by atoms with Crippen LogP contribution in [0.5, 0.6) is 5.75 Å². The van der Waals surface area contributed by atoms with Crippen LogP contribution in [0.25, 0.3) is 0 Å². The van der Waals surface area contributed by atoms with Crippen LogP contribution in [0.1, 0.15) is 19.3 Å². The topological polar surface area (TPSA) is 9.23 Å². The summed E-state index contributed by atoms with van der Waals surface area (Å²) in [6, 6.07) is 3.62. The maximum Gasteiger partial charge on any atom is 0.460 e. The summed E-state index contributed by atoms with van der Waals surface area (Å²) in [7, 11) is 0. The van der Waals surface area contributed by atoms with Gasteiger partial charge in [0, 0.05) is 4.90 Å². The van der Waals surface area contributed by atoms with E-state index in [1.807, 2.05) is 0 Å². The molecular weight excluding hydrogens is 743 g/mol. The number of hydrogen-bond acceptors (Lipinski definition) is 3. The number of unbranched alkanes of at least 4 members (excludes halogenated alkanes) is 2. The van der Waals surface area contributed by atoms with Crippen molar-refractivity contribution in [1.82, 2.24) is 0 Å². The molecule has 0 aromatic heterocycles. The smallest absolute Gasteiger partial charge is 0.460 e. The predicted octanol–water partition coefficient (Wildman–Crippen LogP) is 10.5. The molecule has 0 spiro atoms. The monoisotopic (exact) mass is 760 g/mol. The standard InChI is InChI=1S/C22H17F21OS2/c23-13(24,10-46-12-6-4-11(5-7-12)44-8-2-1-3-9-45)14(25,26)15(27,28)16(29,30)17(31,32)18(33,34)19(35,36)20(37,38)21(39,40)22(41,42)43/h4-7,45H,1-3,8-10H2. The SMILES string of the molecule is FC(F)(F)C(F)(F)C(F)(F)C(F)(F)C(F)(F)C(F)(F)C(F)(F)C(F)(F)C(F)(F)C(F)(F)CSc1ccc(OCCCCCS)cc1. The zero-order valence-electron chi connectivity index (χ0n) is 21.8. The Balaban J connectivity index is 3.36. The van der Waals surface area contributed by atoms with Crippen LogP contribution in [0.3, 0.4) is 0 Å². The predicted molar refractivity (Wildman–Crippen MR) is 121 cm³/mol. The maximum atomic E-state index is 14.1. The second-order valence-electron chi connectivity index (χ2n) is 9.19. The third-order valence-electron chi connectivity index (χ3n) is 5.89. The summed E-state index contributed by atoms with van der Waals surface area (Å²) < 4.78 is 288. The molecule has 0 aliphatic carbocycles. The number of ether oxygens (including phenoxy) is 1. The molecular formula is C22H17F21OS2. The molecule has 0 bridgehead atoms. The summed E-state index contributed by atoms with van der Waals surface area (Å²) in [5.41, 5.74) is 0. The number of rotatable bonds is 17. The minimum atomic E-state index is -9.18. The summed E-state index contributed by atoms with van der Waals surface area (Å²) in [6.07, 6.45) is -6.10. The fourth-order valence-corrected chi connectivity index (χ4v) is 4.15. The van der Waals surface area contributed by atoms with Gasteiger partial charge in [0.2, 0.25) is 0 Å². The first-order valence-electron chi connectivity index (χ1n) is 11.7. The molecule has 0 saturated heterocycles. The molecule has 0 heterocycles. The van der Waals surface area contributed by atoms with Gasteiger partial charge in [0.1, 0.15) is 5.75 Å². The molecule has 0 unspecified atom stereocenters. The van der Waals surface area contributed by atoms with Gasteiger partial charge in [-0.25, -0.2) is 0 Å². The lowest BCUT2D eigenvalue weighted by atomic mass is 9.86. The van der Waals surface area contributed by atoms with Crippen molar-refractivity contribution in [2.75, 3.05) is 18.1 Å². The van der Waals surface area contributed by atoms with Crippen molar-refractivity contribution in [1.29, 1.82) is 0 Å². The van der Waals surface area contributed by atoms with Gasteiger partial charge in [0.15, 0.2) is 0 Å². The van der Waals surface area contributed by atoms with E-state index in [1.54, 1.807) is 0 Å². The summed E-state index contributed by atoms with van der Waals surface area (Å²) in [6.45, 7) is 0.117. The fraction of sp³-hybridized carbons (Fsp3) is 0.727. The molecule has 0 atom stereocenters. The molecule has 46 heavy (non-hydrogen) atoms. The Morgan fingerprint density at radius 3 is 1.22 bits per heavy atom. The number of alkyl halides is 21. The zero-order chi connectivity index (χ0) is 36.6. The Morgan fingerprint density at radius 1 is 0.478 bits per heavy atom. The van der Waals surface area contributed by atoms with Crippen molar-refractivity contribution in [2.24, 2.45) is 0 Å².